The number of benzene rings is 1. The molecule has 0 radical (unpaired) electrons. The van der Waals surface area contributed by atoms with Crippen LogP contribution in [0.1, 0.15) is 25.5 Å². The lowest BCUT2D eigenvalue weighted by atomic mass is 9.96. The number of nitrogens with two attached hydrogens (primary N) is 1. The molecule has 0 aromatic heterocycles. The number of nitrogens with zero attached hydrogens (tertiary/aromatic N) is 1. The summed E-state index contributed by atoms with van der Waals surface area (Å²) < 4.78 is 6.07. The Bertz CT molecular complexity index is 579. The van der Waals surface area contributed by atoms with Crippen molar-refractivity contribution in [1.29, 1.82) is 0 Å². The molecule has 0 bridgehead atoms. The smallest absolute Gasteiger partial charge is 0.338 e. The normalized spacial score (nSPS) is 18.4. The topological polar surface area (TPSA) is 76.7 Å². The van der Waals surface area contributed by atoms with Gasteiger partial charge in [-0.3, -0.25) is 0 Å². The minimum Gasteiger partial charge on any atom is -0.463 e. The molecular weight excluding hydrogens is 322 g/mol. The lowest BCUT2D eigenvalue weighted by molar-refractivity contribution is -0.138. The van der Waals surface area contributed by atoms with Crippen molar-refractivity contribution in [3.63, 3.8) is 0 Å². The van der Waals surface area contributed by atoms with Gasteiger partial charge in [0.2, 0.25) is 0 Å². The van der Waals surface area contributed by atoms with Crippen molar-refractivity contribution in [2.45, 2.75) is 19.9 Å². The number of aliphatic imine (C=N–C) groups is 1. The lowest BCUT2D eigenvalue weighted by Gasteiger charge is -2.24. The number of esters is 1. The average molecular weight is 338 g/mol. The van der Waals surface area contributed by atoms with Crippen molar-refractivity contribution in [2.75, 3.05) is 6.61 Å². The molecule has 3 N–H and O–H groups in total. The molecule has 0 saturated carbocycles. The highest BCUT2D eigenvalue weighted by Crippen LogP contribution is 2.31. The van der Waals surface area contributed by atoms with E-state index in [4.69, 9.17) is 10.5 Å². The molecule has 0 fully saturated rings. The van der Waals surface area contributed by atoms with Crippen LogP contribution in [-0.2, 0) is 9.53 Å². The highest BCUT2D eigenvalue weighted by atomic mass is 79.9. The van der Waals surface area contributed by atoms with Crippen molar-refractivity contribution >= 4 is 27.9 Å². The van der Waals surface area contributed by atoms with Crippen LogP contribution in [-0.4, -0.2) is 18.5 Å². The van der Waals surface area contributed by atoms with E-state index < -0.39 is 6.04 Å². The first-order valence-corrected chi connectivity index (χ1v) is 7.06. The summed E-state index contributed by atoms with van der Waals surface area (Å²) in [5.41, 5.74) is 7.81. The van der Waals surface area contributed by atoms with Gasteiger partial charge in [0.25, 0.3) is 0 Å². The van der Waals surface area contributed by atoms with Crippen LogP contribution < -0.4 is 11.1 Å². The van der Waals surface area contributed by atoms with E-state index in [-0.39, 0.29) is 5.97 Å². The third-order valence-corrected chi connectivity index (χ3v) is 3.47. The molecule has 0 unspecified atom stereocenters. The van der Waals surface area contributed by atoms with Gasteiger partial charge in [-0.1, -0.05) is 28.1 Å². The number of rotatable bonds is 3. The maximum Gasteiger partial charge on any atom is 0.338 e. The Hall–Kier alpha value is -1.82. The third kappa shape index (κ3) is 3.01. The number of guanidine groups is 1. The fourth-order valence-corrected chi connectivity index (χ4v) is 2.32. The van der Waals surface area contributed by atoms with E-state index in [2.05, 4.69) is 26.2 Å². The Kier molecular flexibility index (Phi) is 4.44. The second-order valence-corrected chi connectivity index (χ2v) is 5.27. The van der Waals surface area contributed by atoms with Gasteiger partial charge in [0.1, 0.15) is 6.04 Å². The Morgan fingerprint density at radius 2 is 2.10 bits per heavy atom. The van der Waals surface area contributed by atoms with Gasteiger partial charge in [-0.2, -0.15) is 0 Å². The van der Waals surface area contributed by atoms with Crippen molar-refractivity contribution < 1.29 is 9.53 Å². The fourth-order valence-electron chi connectivity index (χ4n) is 2.06. The zero-order valence-corrected chi connectivity index (χ0v) is 12.9. The van der Waals surface area contributed by atoms with Gasteiger partial charge in [-0.05, 0) is 31.5 Å². The van der Waals surface area contributed by atoms with Crippen LogP contribution in [0.15, 0.2) is 45.0 Å². The predicted molar refractivity (Wildman–Crippen MR) is 81.0 cm³/mol. The summed E-state index contributed by atoms with van der Waals surface area (Å²) >= 11 is 3.39. The van der Waals surface area contributed by atoms with E-state index >= 15 is 0 Å². The second kappa shape index (κ2) is 6.09. The van der Waals surface area contributed by atoms with Crippen molar-refractivity contribution in [1.82, 2.24) is 5.32 Å². The highest BCUT2D eigenvalue weighted by Gasteiger charge is 2.29. The first-order chi connectivity index (χ1) is 9.52. The second-order valence-electron chi connectivity index (χ2n) is 4.35. The molecule has 106 valence electrons. The number of allylic oxidation sites excluding steroid dienone is 1. The van der Waals surface area contributed by atoms with Crippen LogP contribution in [0.25, 0.3) is 0 Å². The van der Waals surface area contributed by atoms with Crippen LogP contribution in [0.5, 0.6) is 0 Å². The molecule has 0 spiro atoms. The number of halogens is 1. The predicted octanol–water partition coefficient (Wildman–Crippen LogP) is 2.25. The Morgan fingerprint density at radius 3 is 2.70 bits per heavy atom. The molecule has 1 aromatic rings. The number of ether oxygens (including phenoxy) is 1. The number of hydrogen-bond acceptors (Lipinski definition) is 5. The molecule has 1 atom stereocenters. The van der Waals surface area contributed by atoms with Crippen LogP contribution in [0, 0.1) is 0 Å². The molecule has 1 aromatic carbocycles. The first-order valence-electron chi connectivity index (χ1n) is 6.26. The number of carbonyl (C=O) groups is 1. The van der Waals surface area contributed by atoms with E-state index in [0.29, 0.717) is 23.8 Å². The highest BCUT2D eigenvalue weighted by molar-refractivity contribution is 9.10. The van der Waals surface area contributed by atoms with Crippen LogP contribution in [0.3, 0.4) is 0 Å². The molecule has 2 rings (SSSR count). The van der Waals surface area contributed by atoms with E-state index in [0.717, 1.165) is 10.0 Å². The van der Waals surface area contributed by atoms with E-state index in [1.165, 1.54) is 0 Å². The minimum atomic E-state index is -0.441. The van der Waals surface area contributed by atoms with Gasteiger partial charge in [0.05, 0.1) is 12.2 Å². The fraction of sp³-hybridized carbons (Fsp3) is 0.286. The van der Waals surface area contributed by atoms with E-state index in [1.807, 2.05) is 24.3 Å². The van der Waals surface area contributed by atoms with Gasteiger partial charge < -0.3 is 15.8 Å². The number of nitrogens with one attached hydrogen (secondary N) is 1. The quantitative estimate of drug-likeness (QED) is 0.829. The van der Waals surface area contributed by atoms with E-state index in [9.17, 15) is 4.79 Å². The zero-order valence-electron chi connectivity index (χ0n) is 11.3. The number of hydrogen-bond donors (Lipinski definition) is 2. The molecule has 1 aliphatic heterocycles. The largest absolute Gasteiger partial charge is 0.463 e. The van der Waals surface area contributed by atoms with Gasteiger partial charge in [0.15, 0.2) is 5.96 Å². The van der Waals surface area contributed by atoms with Crippen LogP contribution in [0.2, 0.25) is 0 Å². The Balaban J connectivity index is 2.42. The lowest BCUT2D eigenvalue weighted by Crippen LogP contribution is -2.37. The molecule has 5 nitrogen and oxygen atoms in total. The summed E-state index contributed by atoms with van der Waals surface area (Å²) in [7, 11) is 0. The molecule has 20 heavy (non-hydrogen) atoms. The van der Waals surface area contributed by atoms with Gasteiger partial charge in [-0.15, -0.1) is 0 Å². The standard InChI is InChI=1S/C14H16BrN3O2/c1-3-20-13(19)11-8(2)17-14(16)18-12(11)9-4-6-10(15)7-5-9/h4-7,12H,3H2,1-2H3,(H3,16,17,18)/t12-/m1/s1. The van der Waals surface area contributed by atoms with Gasteiger partial charge in [-0.25, -0.2) is 9.79 Å². The molecule has 0 aliphatic carbocycles. The molecular formula is C14H16BrN3O2. The van der Waals surface area contributed by atoms with Crippen molar-refractivity contribution in [3.8, 4) is 0 Å². The summed E-state index contributed by atoms with van der Waals surface area (Å²) in [4.78, 5) is 16.5. The molecule has 0 saturated heterocycles. The summed E-state index contributed by atoms with van der Waals surface area (Å²) in [6.07, 6.45) is 0. The maximum atomic E-state index is 12.1. The van der Waals surface area contributed by atoms with Crippen LogP contribution in [0.4, 0.5) is 0 Å². The Labute approximate surface area is 126 Å². The van der Waals surface area contributed by atoms with Gasteiger partial charge in [0, 0.05) is 10.2 Å². The molecule has 6 heteroatoms. The molecule has 1 aliphatic rings. The SMILES string of the molecule is CCOC(=O)C1=C(C)NC(N)=N[C@@H]1c1ccc(Br)cc1. The third-order valence-electron chi connectivity index (χ3n) is 2.94. The molecule has 0 amide bonds. The van der Waals surface area contributed by atoms with Crippen molar-refractivity contribution in [2.24, 2.45) is 10.7 Å². The molecule has 1 heterocycles. The summed E-state index contributed by atoms with van der Waals surface area (Å²) in [6, 6.07) is 7.18. The van der Waals surface area contributed by atoms with Crippen LogP contribution >= 0.6 is 15.9 Å². The summed E-state index contributed by atoms with van der Waals surface area (Å²) in [5, 5.41) is 2.88. The Morgan fingerprint density at radius 1 is 1.45 bits per heavy atom. The summed E-state index contributed by atoms with van der Waals surface area (Å²) in [6.45, 7) is 3.89. The average Bonchev–Trinajstić information content (AvgIpc) is 2.38. The number of carbonyl (C=O) groups excluding carboxylic acids is 1. The maximum absolute atomic E-state index is 12.1. The minimum absolute atomic E-state index is 0.295. The first kappa shape index (κ1) is 14.6. The summed E-state index contributed by atoms with van der Waals surface area (Å²) in [5.74, 6) is -0.0786. The van der Waals surface area contributed by atoms with Gasteiger partial charge >= 0.3 is 5.97 Å². The zero-order chi connectivity index (χ0) is 14.7. The van der Waals surface area contributed by atoms with E-state index in [1.54, 1.807) is 13.8 Å². The monoisotopic (exact) mass is 337 g/mol. The van der Waals surface area contributed by atoms with Crippen molar-refractivity contribution in [3.05, 3.63) is 45.6 Å².